The van der Waals surface area contributed by atoms with Crippen LogP contribution in [-0.2, 0) is 5.41 Å². The van der Waals surface area contributed by atoms with Crippen molar-refractivity contribution in [3.8, 4) is 23.0 Å². The summed E-state index contributed by atoms with van der Waals surface area (Å²) < 4.78 is 15.8. The molecule has 2 aromatic carbocycles. The summed E-state index contributed by atoms with van der Waals surface area (Å²) in [4.78, 5) is 12.3. The highest BCUT2D eigenvalue weighted by Crippen LogP contribution is 2.34. The lowest BCUT2D eigenvalue weighted by atomic mass is 9.86. The summed E-state index contributed by atoms with van der Waals surface area (Å²) in [6.45, 7) is 5.92. The summed E-state index contributed by atoms with van der Waals surface area (Å²) in [5.41, 5.74) is 0.786. The summed E-state index contributed by atoms with van der Waals surface area (Å²) in [6.07, 6.45) is 0. The molecule has 0 aliphatic rings. The van der Waals surface area contributed by atoms with Gasteiger partial charge < -0.3 is 19.3 Å². The zero-order chi connectivity index (χ0) is 17.9. The first-order chi connectivity index (χ1) is 11.3. The largest absolute Gasteiger partial charge is 0.508 e. The molecule has 0 amide bonds. The quantitative estimate of drug-likeness (QED) is 0.680. The number of esters is 1. The Kier molecular flexibility index (Phi) is 5.02. The fourth-order valence-corrected chi connectivity index (χ4v) is 2.31. The maximum absolute atomic E-state index is 12.3. The second-order valence-corrected chi connectivity index (χ2v) is 6.39. The molecule has 2 rings (SSSR count). The number of rotatable bonds is 4. The van der Waals surface area contributed by atoms with E-state index in [9.17, 15) is 9.90 Å². The van der Waals surface area contributed by atoms with Crippen LogP contribution < -0.4 is 14.2 Å². The van der Waals surface area contributed by atoms with Gasteiger partial charge in [-0.3, -0.25) is 0 Å². The van der Waals surface area contributed by atoms with Gasteiger partial charge in [0.1, 0.15) is 11.5 Å². The van der Waals surface area contributed by atoms with E-state index in [4.69, 9.17) is 14.2 Å². The fraction of sp³-hybridized carbons (Fsp3) is 0.316. The molecular weight excluding hydrogens is 308 g/mol. The standard InChI is InChI=1S/C19H22O5/c1-19(2,3)14-11-13(7-8-15(14)20)24-18(21)12-6-9-16(22-4)17(10-12)23-5/h6-11,20H,1-5H3. The Morgan fingerprint density at radius 2 is 1.62 bits per heavy atom. The van der Waals surface area contributed by atoms with E-state index >= 15 is 0 Å². The van der Waals surface area contributed by atoms with E-state index in [0.717, 1.165) is 0 Å². The monoisotopic (exact) mass is 330 g/mol. The highest BCUT2D eigenvalue weighted by Gasteiger charge is 2.20. The second-order valence-electron chi connectivity index (χ2n) is 6.39. The summed E-state index contributed by atoms with van der Waals surface area (Å²) in [5, 5.41) is 9.98. The SMILES string of the molecule is COc1ccc(C(=O)Oc2ccc(O)c(C(C)(C)C)c2)cc1OC. The minimum Gasteiger partial charge on any atom is -0.508 e. The van der Waals surface area contributed by atoms with E-state index in [1.54, 1.807) is 30.3 Å². The number of carbonyl (C=O) groups excluding carboxylic acids is 1. The molecule has 0 aliphatic carbocycles. The van der Waals surface area contributed by atoms with Crippen molar-refractivity contribution >= 4 is 5.97 Å². The van der Waals surface area contributed by atoms with Crippen molar-refractivity contribution in [1.29, 1.82) is 0 Å². The van der Waals surface area contributed by atoms with Crippen LogP contribution in [0.25, 0.3) is 0 Å². The molecule has 0 aliphatic heterocycles. The maximum atomic E-state index is 12.3. The third kappa shape index (κ3) is 3.79. The third-order valence-corrected chi connectivity index (χ3v) is 3.61. The normalized spacial score (nSPS) is 11.0. The highest BCUT2D eigenvalue weighted by atomic mass is 16.5. The lowest BCUT2D eigenvalue weighted by molar-refractivity contribution is 0.0734. The molecule has 2 aromatic rings. The van der Waals surface area contributed by atoms with Gasteiger partial charge in [-0.25, -0.2) is 4.79 Å². The molecule has 0 saturated carbocycles. The van der Waals surface area contributed by atoms with Crippen molar-refractivity contribution in [2.24, 2.45) is 0 Å². The molecule has 24 heavy (non-hydrogen) atoms. The minimum absolute atomic E-state index is 0.174. The van der Waals surface area contributed by atoms with Gasteiger partial charge in [0.2, 0.25) is 0 Å². The van der Waals surface area contributed by atoms with Gasteiger partial charge in [0.25, 0.3) is 0 Å². The number of carbonyl (C=O) groups is 1. The molecule has 5 nitrogen and oxygen atoms in total. The molecule has 0 aromatic heterocycles. The van der Waals surface area contributed by atoms with E-state index in [1.165, 1.54) is 20.3 Å². The topological polar surface area (TPSA) is 65.0 Å². The molecule has 128 valence electrons. The van der Waals surface area contributed by atoms with Crippen molar-refractivity contribution < 1.29 is 24.1 Å². The summed E-state index contributed by atoms with van der Waals surface area (Å²) in [6, 6.07) is 9.57. The van der Waals surface area contributed by atoms with E-state index in [2.05, 4.69) is 0 Å². The molecule has 0 bridgehead atoms. The number of phenolic OH excluding ortho intramolecular Hbond substituents is 1. The number of methoxy groups -OCH3 is 2. The average Bonchev–Trinajstić information content (AvgIpc) is 2.54. The van der Waals surface area contributed by atoms with E-state index in [1.807, 2.05) is 20.8 Å². The van der Waals surface area contributed by atoms with Crippen LogP contribution in [0.5, 0.6) is 23.0 Å². The van der Waals surface area contributed by atoms with Crippen LogP contribution in [0.15, 0.2) is 36.4 Å². The number of hydrogen-bond donors (Lipinski definition) is 1. The van der Waals surface area contributed by atoms with Crippen LogP contribution in [-0.4, -0.2) is 25.3 Å². The van der Waals surface area contributed by atoms with Crippen molar-refractivity contribution in [3.63, 3.8) is 0 Å². The summed E-state index contributed by atoms with van der Waals surface area (Å²) in [5.74, 6) is 1.02. The number of ether oxygens (including phenoxy) is 3. The third-order valence-electron chi connectivity index (χ3n) is 3.61. The molecule has 0 unspecified atom stereocenters. The maximum Gasteiger partial charge on any atom is 0.343 e. The van der Waals surface area contributed by atoms with Crippen LogP contribution in [0.3, 0.4) is 0 Å². The van der Waals surface area contributed by atoms with Gasteiger partial charge >= 0.3 is 5.97 Å². The molecule has 0 atom stereocenters. The first kappa shape index (κ1) is 17.7. The Morgan fingerprint density at radius 1 is 0.958 bits per heavy atom. The van der Waals surface area contributed by atoms with Crippen LogP contribution >= 0.6 is 0 Å². The molecule has 0 saturated heterocycles. The van der Waals surface area contributed by atoms with Crippen molar-refractivity contribution in [2.75, 3.05) is 14.2 Å². The predicted molar refractivity (Wildman–Crippen MR) is 91.3 cm³/mol. The highest BCUT2D eigenvalue weighted by molar-refractivity contribution is 5.91. The molecule has 0 heterocycles. The number of hydrogen-bond acceptors (Lipinski definition) is 5. The van der Waals surface area contributed by atoms with Crippen molar-refractivity contribution in [1.82, 2.24) is 0 Å². The van der Waals surface area contributed by atoms with Gasteiger partial charge in [-0.15, -0.1) is 0 Å². The average molecular weight is 330 g/mol. The van der Waals surface area contributed by atoms with Crippen molar-refractivity contribution in [3.05, 3.63) is 47.5 Å². The van der Waals surface area contributed by atoms with Crippen LogP contribution in [0.1, 0.15) is 36.7 Å². The Labute approximate surface area is 141 Å². The predicted octanol–water partition coefficient (Wildman–Crippen LogP) is 3.93. The smallest absolute Gasteiger partial charge is 0.343 e. The molecule has 5 heteroatoms. The zero-order valence-corrected chi connectivity index (χ0v) is 14.5. The van der Waals surface area contributed by atoms with Gasteiger partial charge in [0, 0.05) is 5.56 Å². The van der Waals surface area contributed by atoms with Crippen molar-refractivity contribution in [2.45, 2.75) is 26.2 Å². The number of phenols is 1. The molecule has 0 radical (unpaired) electrons. The molecular formula is C19H22O5. The number of aromatic hydroxyl groups is 1. The second kappa shape index (κ2) is 6.83. The van der Waals surface area contributed by atoms with Gasteiger partial charge in [0.05, 0.1) is 19.8 Å². The van der Waals surface area contributed by atoms with Gasteiger partial charge in [0.15, 0.2) is 11.5 Å². The van der Waals surface area contributed by atoms with E-state index in [0.29, 0.717) is 28.4 Å². The summed E-state index contributed by atoms with van der Waals surface area (Å²) in [7, 11) is 3.03. The van der Waals surface area contributed by atoms with Gasteiger partial charge in [-0.1, -0.05) is 20.8 Å². The van der Waals surface area contributed by atoms with Gasteiger partial charge in [-0.2, -0.15) is 0 Å². The van der Waals surface area contributed by atoms with E-state index in [-0.39, 0.29) is 11.2 Å². The van der Waals surface area contributed by atoms with Crippen LogP contribution in [0, 0.1) is 0 Å². The molecule has 0 fully saturated rings. The minimum atomic E-state index is -0.512. The van der Waals surface area contributed by atoms with Crippen LogP contribution in [0.4, 0.5) is 0 Å². The zero-order valence-electron chi connectivity index (χ0n) is 14.5. The Morgan fingerprint density at radius 3 is 2.21 bits per heavy atom. The lowest BCUT2D eigenvalue weighted by Gasteiger charge is -2.21. The molecule has 1 N–H and O–H groups in total. The number of benzene rings is 2. The van der Waals surface area contributed by atoms with Gasteiger partial charge in [-0.05, 0) is 41.8 Å². The summed E-state index contributed by atoms with van der Waals surface area (Å²) >= 11 is 0. The lowest BCUT2D eigenvalue weighted by Crippen LogP contribution is -2.13. The fourth-order valence-electron chi connectivity index (χ4n) is 2.31. The molecule has 0 spiro atoms. The Balaban J connectivity index is 2.27. The first-order valence-corrected chi connectivity index (χ1v) is 7.54. The first-order valence-electron chi connectivity index (χ1n) is 7.54. The Bertz CT molecular complexity index is 744. The van der Waals surface area contributed by atoms with E-state index < -0.39 is 5.97 Å². The van der Waals surface area contributed by atoms with Crippen LogP contribution in [0.2, 0.25) is 0 Å². The Hall–Kier alpha value is -2.69.